The molecule has 0 aliphatic rings. The van der Waals surface area contributed by atoms with E-state index in [-0.39, 0.29) is 17.3 Å². The lowest BCUT2D eigenvalue weighted by Gasteiger charge is -2.11. The van der Waals surface area contributed by atoms with Crippen molar-refractivity contribution in [1.29, 1.82) is 0 Å². The van der Waals surface area contributed by atoms with Crippen LogP contribution < -0.4 is 10.1 Å². The van der Waals surface area contributed by atoms with Crippen LogP contribution in [0.15, 0.2) is 35.7 Å². The molecule has 0 spiro atoms. The first-order valence-electron chi connectivity index (χ1n) is 5.47. The number of halogens is 2. The van der Waals surface area contributed by atoms with Crippen LogP contribution >= 0.6 is 11.3 Å². The maximum Gasteiger partial charge on any atom is 0.387 e. The maximum absolute atomic E-state index is 12.2. The molecule has 0 fully saturated rings. The predicted octanol–water partition coefficient (Wildman–Crippen LogP) is 3.91. The Kier molecular flexibility index (Phi) is 4.11. The molecule has 0 radical (unpaired) electrons. The third-order valence-corrected chi connectivity index (χ3v) is 3.43. The zero-order chi connectivity index (χ0) is 13.8. The number of anilines is 1. The highest BCUT2D eigenvalue weighted by Crippen LogP contribution is 2.27. The van der Waals surface area contributed by atoms with E-state index in [9.17, 15) is 13.6 Å². The number of carbonyl (C=O) groups is 1. The minimum Gasteiger partial charge on any atom is -0.433 e. The SMILES string of the molecule is Cc1ccsc1C(=O)Nc1ccccc1OC(F)F. The van der Waals surface area contributed by atoms with E-state index in [2.05, 4.69) is 10.1 Å². The van der Waals surface area contributed by atoms with E-state index in [1.54, 1.807) is 17.5 Å². The molecule has 1 aromatic heterocycles. The molecule has 0 saturated heterocycles. The summed E-state index contributed by atoms with van der Waals surface area (Å²) in [7, 11) is 0. The number of benzene rings is 1. The number of rotatable bonds is 4. The molecule has 1 heterocycles. The van der Waals surface area contributed by atoms with Gasteiger partial charge in [-0.3, -0.25) is 4.79 Å². The van der Waals surface area contributed by atoms with Crippen molar-refractivity contribution in [3.05, 3.63) is 46.2 Å². The van der Waals surface area contributed by atoms with Gasteiger partial charge in [0.15, 0.2) is 0 Å². The van der Waals surface area contributed by atoms with E-state index in [1.165, 1.54) is 23.5 Å². The van der Waals surface area contributed by atoms with Gasteiger partial charge in [-0.25, -0.2) is 0 Å². The lowest BCUT2D eigenvalue weighted by atomic mass is 10.2. The van der Waals surface area contributed by atoms with Crippen molar-refractivity contribution in [2.45, 2.75) is 13.5 Å². The smallest absolute Gasteiger partial charge is 0.387 e. The number of alkyl halides is 2. The zero-order valence-electron chi connectivity index (χ0n) is 10.0. The van der Waals surface area contributed by atoms with Crippen LogP contribution in [-0.4, -0.2) is 12.5 Å². The Balaban J connectivity index is 2.19. The normalized spacial score (nSPS) is 10.5. The van der Waals surface area contributed by atoms with E-state index in [4.69, 9.17) is 0 Å². The van der Waals surface area contributed by atoms with Crippen LogP contribution in [0.3, 0.4) is 0 Å². The highest BCUT2D eigenvalue weighted by atomic mass is 32.1. The van der Waals surface area contributed by atoms with Crippen molar-refractivity contribution in [1.82, 2.24) is 0 Å². The standard InChI is InChI=1S/C13H11F2NO2S/c1-8-6-7-19-11(8)12(17)16-9-4-2-3-5-10(9)18-13(14)15/h2-7,13H,1H3,(H,16,17). The van der Waals surface area contributed by atoms with Gasteiger partial charge in [0.05, 0.1) is 10.6 Å². The van der Waals surface area contributed by atoms with Crippen LogP contribution in [-0.2, 0) is 0 Å². The molecule has 1 amide bonds. The van der Waals surface area contributed by atoms with Gasteiger partial charge in [0.25, 0.3) is 5.91 Å². The van der Waals surface area contributed by atoms with Crippen molar-refractivity contribution in [2.24, 2.45) is 0 Å². The lowest BCUT2D eigenvalue weighted by molar-refractivity contribution is -0.0493. The van der Waals surface area contributed by atoms with Crippen LogP contribution in [0.4, 0.5) is 14.5 Å². The minimum absolute atomic E-state index is 0.0555. The number of para-hydroxylation sites is 2. The van der Waals surface area contributed by atoms with Crippen LogP contribution in [0.5, 0.6) is 5.75 Å². The van der Waals surface area contributed by atoms with Crippen LogP contribution in [0.1, 0.15) is 15.2 Å². The number of carbonyl (C=O) groups excluding carboxylic acids is 1. The number of aryl methyl sites for hydroxylation is 1. The summed E-state index contributed by atoms with van der Waals surface area (Å²) in [5, 5.41) is 4.37. The number of ether oxygens (including phenoxy) is 1. The number of thiophene rings is 1. The van der Waals surface area contributed by atoms with Gasteiger partial charge >= 0.3 is 6.61 Å². The van der Waals surface area contributed by atoms with E-state index in [0.717, 1.165) is 5.56 Å². The molecule has 0 atom stereocenters. The molecule has 0 bridgehead atoms. The van der Waals surface area contributed by atoms with Gasteiger partial charge in [-0.15, -0.1) is 11.3 Å². The summed E-state index contributed by atoms with van der Waals surface area (Å²) < 4.78 is 28.8. The summed E-state index contributed by atoms with van der Waals surface area (Å²) in [6.07, 6.45) is 0. The summed E-state index contributed by atoms with van der Waals surface area (Å²) in [6, 6.07) is 7.90. The molecule has 0 aliphatic heterocycles. The van der Waals surface area contributed by atoms with E-state index < -0.39 is 6.61 Å². The fourth-order valence-electron chi connectivity index (χ4n) is 1.55. The predicted molar refractivity (Wildman–Crippen MR) is 70.1 cm³/mol. The minimum atomic E-state index is -2.93. The van der Waals surface area contributed by atoms with Gasteiger partial charge in [-0.2, -0.15) is 8.78 Å². The molecule has 0 unspecified atom stereocenters. The molecule has 2 rings (SSSR count). The fourth-order valence-corrected chi connectivity index (χ4v) is 2.37. The molecule has 2 aromatic rings. The van der Waals surface area contributed by atoms with Crippen LogP contribution in [0, 0.1) is 6.92 Å². The highest BCUT2D eigenvalue weighted by Gasteiger charge is 2.14. The number of nitrogens with one attached hydrogen (secondary N) is 1. The van der Waals surface area contributed by atoms with Crippen molar-refractivity contribution in [3.8, 4) is 5.75 Å². The Bertz CT molecular complexity index is 584. The molecular formula is C13H11F2NO2S. The quantitative estimate of drug-likeness (QED) is 0.923. The van der Waals surface area contributed by atoms with E-state index >= 15 is 0 Å². The Labute approximate surface area is 112 Å². The summed E-state index contributed by atoms with van der Waals surface area (Å²) >= 11 is 1.30. The molecule has 6 heteroatoms. The van der Waals surface area contributed by atoms with Gasteiger partial charge in [-0.1, -0.05) is 12.1 Å². The van der Waals surface area contributed by atoms with Crippen molar-refractivity contribution < 1.29 is 18.3 Å². The third kappa shape index (κ3) is 3.29. The molecule has 100 valence electrons. The van der Waals surface area contributed by atoms with Gasteiger partial charge in [0, 0.05) is 0 Å². The fraction of sp³-hybridized carbons (Fsp3) is 0.154. The van der Waals surface area contributed by atoms with Crippen molar-refractivity contribution in [2.75, 3.05) is 5.32 Å². The first kappa shape index (κ1) is 13.5. The first-order chi connectivity index (χ1) is 9.08. The van der Waals surface area contributed by atoms with Crippen LogP contribution in [0.25, 0.3) is 0 Å². The maximum atomic E-state index is 12.2. The second-order valence-electron chi connectivity index (χ2n) is 3.76. The zero-order valence-corrected chi connectivity index (χ0v) is 10.8. The van der Waals surface area contributed by atoms with Crippen molar-refractivity contribution in [3.63, 3.8) is 0 Å². The largest absolute Gasteiger partial charge is 0.433 e. The number of hydrogen-bond acceptors (Lipinski definition) is 3. The molecule has 0 aliphatic carbocycles. The first-order valence-corrected chi connectivity index (χ1v) is 6.35. The number of hydrogen-bond donors (Lipinski definition) is 1. The topological polar surface area (TPSA) is 38.3 Å². The van der Waals surface area contributed by atoms with Crippen molar-refractivity contribution >= 4 is 22.9 Å². The summed E-state index contributed by atoms with van der Waals surface area (Å²) in [5.74, 6) is -0.391. The molecule has 1 N–H and O–H groups in total. The molecule has 19 heavy (non-hydrogen) atoms. The molecular weight excluding hydrogens is 272 g/mol. The lowest BCUT2D eigenvalue weighted by Crippen LogP contribution is -2.13. The Hall–Kier alpha value is -1.95. The Morgan fingerprint density at radius 1 is 1.32 bits per heavy atom. The summed E-state index contributed by atoms with van der Waals surface area (Å²) in [6.45, 7) is -1.12. The van der Waals surface area contributed by atoms with Gasteiger partial charge < -0.3 is 10.1 Å². The monoisotopic (exact) mass is 283 g/mol. The Morgan fingerprint density at radius 2 is 2.05 bits per heavy atom. The van der Waals surface area contributed by atoms with Crippen LogP contribution in [0.2, 0.25) is 0 Å². The second-order valence-corrected chi connectivity index (χ2v) is 4.68. The summed E-state index contributed by atoms with van der Waals surface area (Å²) in [4.78, 5) is 12.5. The highest BCUT2D eigenvalue weighted by molar-refractivity contribution is 7.12. The van der Waals surface area contributed by atoms with Gasteiger partial charge in [-0.05, 0) is 36.1 Å². The van der Waals surface area contributed by atoms with Gasteiger partial charge in [0.2, 0.25) is 0 Å². The number of amides is 1. The Morgan fingerprint density at radius 3 is 2.68 bits per heavy atom. The second kappa shape index (κ2) is 5.79. The summed E-state index contributed by atoms with van der Waals surface area (Å²) in [5.41, 5.74) is 1.07. The van der Waals surface area contributed by atoms with E-state index in [0.29, 0.717) is 4.88 Å². The third-order valence-electron chi connectivity index (χ3n) is 2.42. The molecule has 1 aromatic carbocycles. The molecule has 3 nitrogen and oxygen atoms in total. The van der Waals surface area contributed by atoms with Gasteiger partial charge in [0.1, 0.15) is 5.75 Å². The van der Waals surface area contributed by atoms with E-state index in [1.807, 2.05) is 13.0 Å². The molecule has 0 saturated carbocycles. The average molecular weight is 283 g/mol. The average Bonchev–Trinajstić information content (AvgIpc) is 2.77.